The number of carbonyl (C=O) groups excluding carboxylic acids is 1. The molecule has 1 amide bonds. The fourth-order valence-electron chi connectivity index (χ4n) is 5.65. The Bertz CT molecular complexity index is 1270. The average molecular weight is 543 g/mol. The maximum Gasteiger partial charge on any atom is 0.416 e. The molecule has 9 heteroatoms. The average Bonchev–Trinajstić information content (AvgIpc) is 3.36. The second-order valence-corrected chi connectivity index (χ2v) is 11.1. The van der Waals surface area contributed by atoms with Crippen LogP contribution in [0.4, 0.5) is 19.0 Å². The van der Waals surface area contributed by atoms with Crippen molar-refractivity contribution in [3.05, 3.63) is 65.7 Å². The Hall–Kier alpha value is -2.91. The van der Waals surface area contributed by atoms with Crippen molar-refractivity contribution in [3.8, 4) is 0 Å². The first kappa shape index (κ1) is 26.7. The molecule has 2 fully saturated rings. The zero-order valence-electron chi connectivity index (χ0n) is 21.3. The minimum atomic E-state index is -4.40. The van der Waals surface area contributed by atoms with E-state index in [4.69, 9.17) is 4.37 Å². The molecule has 0 bridgehead atoms. The summed E-state index contributed by atoms with van der Waals surface area (Å²) in [6.07, 6.45) is 3.01. The Balaban J connectivity index is 1.11. The number of nitrogens with one attached hydrogen (secondary N) is 1. The van der Waals surface area contributed by atoms with E-state index in [1.54, 1.807) is 17.6 Å². The number of aromatic nitrogens is 1. The predicted octanol–water partition coefficient (Wildman–Crippen LogP) is 6.07. The molecule has 2 aliphatic rings. The van der Waals surface area contributed by atoms with Crippen LogP contribution in [0.1, 0.15) is 36.8 Å². The topological polar surface area (TPSA) is 48.5 Å². The summed E-state index contributed by atoms with van der Waals surface area (Å²) in [5, 5.41) is 4.23. The van der Waals surface area contributed by atoms with E-state index in [1.807, 2.05) is 0 Å². The number of piperazine rings is 1. The maximum absolute atomic E-state index is 12.9. The molecule has 2 aromatic carbocycles. The summed E-state index contributed by atoms with van der Waals surface area (Å²) in [6, 6.07) is 13.4. The standard InChI is InChI=1S/C29H33F3N4OS/c30-29(31,32)24-9-5-6-21(18-24)12-13-27(37)33-19-22-7-1-2-8-23(22)20-35-14-16-36(17-15-35)28-25-10-3-4-11-26(25)38-34-28/h3-6,9-13,18,22-23H,1-2,7-8,14-17,19-20H2,(H,33,37)/b13-12+/t22-,23-/m1/s1. The van der Waals surface area contributed by atoms with Crippen LogP contribution >= 0.6 is 11.5 Å². The van der Waals surface area contributed by atoms with Crippen LogP contribution in [0.25, 0.3) is 16.2 Å². The summed E-state index contributed by atoms with van der Waals surface area (Å²) in [4.78, 5) is 17.4. The summed E-state index contributed by atoms with van der Waals surface area (Å²) in [5.41, 5.74) is -0.360. The highest BCUT2D eigenvalue weighted by Crippen LogP contribution is 2.33. The largest absolute Gasteiger partial charge is 0.416 e. The van der Waals surface area contributed by atoms with E-state index < -0.39 is 11.7 Å². The van der Waals surface area contributed by atoms with Gasteiger partial charge in [-0.15, -0.1) is 0 Å². The number of benzene rings is 2. The number of carbonyl (C=O) groups is 1. The lowest BCUT2D eigenvalue weighted by atomic mass is 9.78. The molecule has 1 saturated carbocycles. The van der Waals surface area contributed by atoms with Gasteiger partial charge in [-0.1, -0.05) is 37.1 Å². The third kappa shape index (κ3) is 6.56. The van der Waals surface area contributed by atoms with Crippen molar-refractivity contribution in [2.75, 3.05) is 44.2 Å². The SMILES string of the molecule is O=C(/C=C/c1cccc(C(F)(F)F)c1)NC[C@H]1CCCC[C@@H]1CN1CCN(c2nsc3ccccc23)CC1. The highest BCUT2D eigenvalue weighted by atomic mass is 32.1. The van der Waals surface area contributed by atoms with Crippen LogP contribution in [0.5, 0.6) is 0 Å². The van der Waals surface area contributed by atoms with Crippen LogP contribution in [0.3, 0.4) is 0 Å². The lowest BCUT2D eigenvalue weighted by Gasteiger charge is -2.40. The van der Waals surface area contributed by atoms with Gasteiger partial charge in [-0.05, 0) is 72.1 Å². The molecule has 1 N–H and O–H groups in total. The van der Waals surface area contributed by atoms with Gasteiger partial charge >= 0.3 is 6.18 Å². The molecule has 202 valence electrons. The number of hydrogen-bond donors (Lipinski definition) is 1. The summed E-state index contributed by atoms with van der Waals surface area (Å²) < 4.78 is 44.7. The van der Waals surface area contributed by atoms with Gasteiger partial charge in [0.2, 0.25) is 5.91 Å². The zero-order chi connectivity index (χ0) is 26.5. The first-order valence-corrected chi connectivity index (χ1v) is 14.1. The van der Waals surface area contributed by atoms with Gasteiger partial charge in [-0.3, -0.25) is 9.69 Å². The summed E-state index contributed by atoms with van der Waals surface area (Å²) >= 11 is 1.56. The van der Waals surface area contributed by atoms with E-state index in [2.05, 4.69) is 39.4 Å². The summed E-state index contributed by atoms with van der Waals surface area (Å²) in [5.74, 6) is 1.77. The van der Waals surface area contributed by atoms with Crippen molar-refractivity contribution in [1.29, 1.82) is 0 Å². The van der Waals surface area contributed by atoms with Gasteiger partial charge in [-0.2, -0.15) is 17.5 Å². The predicted molar refractivity (Wildman–Crippen MR) is 147 cm³/mol. The van der Waals surface area contributed by atoms with E-state index in [0.29, 0.717) is 23.9 Å². The second-order valence-electron chi connectivity index (χ2n) is 10.3. The molecule has 1 saturated heterocycles. The van der Waals surface area contributed by atoms with Crippen LogP contribution in [0.15, 0.2) is 54.6 Å². The van der Waals surface area contributed by atoms with Crippen LogP contribution in [-0.4, -0.2) is 54.4 Å². The van der Waals surface area contributed by atoms with Gasteiger partial charge in [0.15, 0.2) is 0 Å². The molecular weight excluding hydrogens is 509 g/mol. The molecule has 2 heterocycles. The van der Waals surface area contributed by atoms with Crippen LogP contribution in [-0.2, 0) is 11.0 Å². The van der Waals surface area contributed by atoms with E-state index in [-0.39, 0.29) is 5.91 Å². The first-order chi connectivity index (χ1) is 18.4. The van der Waals surface area contributed by atoms with Crippen molar-refractivity contribution >= 4 is 39.4 Å². The zero-order valence-corrected chi connectivity index (χ0v) is 22.1. The molecule has 38 heavy (non-hydrogen) atoms. The molecule has 0 unspecified atom stereocenters. The molecule has 3 aromatic rings. The van der Waals surface area contributed by atoms with Crippen LogP contribution < -0.4 is 10.2 Å². The van der Waals surface area contributed by atoms with Crippen molar-refractivity contribution in [1.82, 2.24) is 14.6 Å². The number of fused-ring (bicyclic) bond motifs is 1. The number of rotatable bonds is 7. The Kier molecular flexibility index (Phi) is 8.33. The van der Waals surface area contributed by atoms with E-state index in [0.717, 1.165) is 63.5 Å². The fourth-order valence-corrected chi connectivity index (χ4v) is 6.45. The highest BCUT2D eigenvalue weighted by molar-refractivity contribution is 7.13. The Morgan fingerprint density at radius 1 is 1.03 bits per heavy atom. The van der Waals surface area contributed by atoms with Gasteiger partial charge < -0.3 is 10.2 Å². The van der Waals surface area contributed by atoms with Crippen molar-refractivity contribution in [2.24, 2.45) is 11.8 Å². The van der Waals surface area contributed by atoms with Crippen molar-refractivity contribution in [3.63, 3.8) is 0 Å². The number of anilines is 1. The first-order valence-electron chi connectivity index (χ1n) is 13.3. The molecular formula is C29H33F3N4OS. The third-order valence-corrected chi connectivity index (χ3v) is 8.59. The Morgan fingerprint density at radius 2 is 1.79 bits per heavy atom. The molecule has 0 spiro atoms. The van der Waals surface area contributed by atoms with Gasteiger partial charge in [-0.25, -0.2) is 0 Å². The molecule has 5 rings (SSSR count). The number of amides is 1. The highest BCUT2D eigenvalue weighted by Gasteiger charge is 2.31. The lowest BCUT2D eigenvalue weighted by molar-refractivity contribution is -0.137. The minimum absolute atomic E-state index is 0.268. The van der Waals surface area contributed by atoms with Crippen molar-refractivity contribution < 1.29 is 18.0 Å². The quantitative estimate of drug-likeness (QED) is 0.368. The fraction of sp³-hybridized carbons (Fsp3) is 0.448. The molecule has 0 radical (unpaired) electrons. The van der Waals surface area contributed by atoms with Gasteiger partial charge in [0.25, 0.3) is 0 Å². The number of hydrogen-bond acceptors (Lipinski definition) is 5. The van der Waals surface area contributed by atoms with Gasteiger partial charge in [0, 0.05) is 50.7 Å². The maximum atomic E-state index is 12.9. The molecule has 1 aliphatic heterocycles. The minimum Gasteiger partial charge on any atom is -0.353 e. The number of halogens is 3. The van der Waals surface area contributed by atoms with E-state index >= 15 is 0 Å². The normalized spacial score (nSPS) is 21.3. The Labute approximate surface area is 225 Å². The second kappa shape index (κ2) is 11.9. The Morgan fingerprint density at radius 3 is 2.58 bits per heavy atom. The summed E-state index contributed by atoms with van der Waals surface area (Å²) in [7, 11) is 0. The monoisotopic (exact) mass is 542 g/mol. The van der Waals surface area contributed by atoms with Crippen molar-refractivity contribution in [2.45, 2.75) is 31.9 Å². The number of nitrogens with zero attached hydrogens (tertiary/aromatic N) is 3. The molecule has 5 nitrogen and oxygen atoms in total. The molecule has 1 aromatic heterocycles. The summed E-state index contributed by atoms with van der Waals surface area (Å²) in [6.45, 7) is 5.56. The van der Waals surface area contributed by atoms with Crippen LogP contribution in [0, 0.1) is 11.8 Å². The third-order valence-electron chi connectivity index (χ3n) is 7.77. The van der Waals surface area contributed by atoms with Gasteiger partial charge in [0.05, 0.1) is 10.3 Å². The number of alkyl halides is 3. The van der Waals surface area contributed by atoms with Crippen LogP contribution in [0.2, 0.25) is 0 Å². The lowest BCUT2D eigenvalue weighted by Crippen LogP contribution is -2.49. The van der Waals surface area contributed by atoms with E-state index in [9.17, 15) is 18.0 Å². The smallest absolute Gasteiger partial charge is 0.353 e. The molecule has 2 atom stereocenters. The van der Waals surface area contributed by atoms with Gasteiger partial charge in [0.1, 0.15) is 5.82 Å². The van der Waals surface area contributed by atoms with E-state index in [1.165, 1.54) is 41.1 Å². The molecule has 1 aliphatic carbocycles.